The van der Waals surface area contributed by atoms with Crippen molar-refractivity contribution in [2.45, 2.75) is 38.0 Å². The average Bonchev–Trinajstić information content (AvgIpc) is 3.36. The van der Waals surface area contributed by atoms with Crippen molar-refractivity contribution < 1.29 is 14.5 Å². The number of benzene rings is 2. The number of non-ortho nitro benzene ring substituents is 1. The molecule has 2 aromatic carbocycles. The highest BCUT2D eigenvalue weighted by atomic mass is 35.5. The molecule has 0 bridgehead atoms. The number of carbonyl (C=O) groups excluding carboxylic acids is 1. The zero-order valence-corrected chi connectivity index (χ0v) is 19.7. The first-order valence-corrected chi connectivity index (χ1v) is 12.3. The monoisotopic (exact) mass is 484 g/mol. The molecule has 3 heterocycles. The maximum atomic E-state index is 13.4. The van der Waals surface area contributed by atoms with E-state index in [-0.39, 0.29) is 34.6 Å². The van der Waals surface area contributed by atoms with E-state index in [1.807, 2.05) is 30.3 Å². The zero-order chi connectivity index (χ0) is 23.7. The summed E-state index contributed by atoms with van der Waals surface area (Å²) in [7, 11) is 0. The van der Waals surface area contributed by atoms with Crippen LogP contribution in [0.3, 0.4) is 0 Å². The maximum Gasteiger partial charge on any atom is 0.269 e. The number of anilines is 1. The third kappa shape index (κ3) is 4.89. The van der Waals surface area contributed by atoms with E-state index in [4.69, 9.17) is 16.3 Å². The number of amides is 1. The number of carbonyl (C=O) groups is 1. The molecule has 3 unspecified atom stereocenters. The molecule has 1 amide bonds. The van der Waals surface area contributed by atoms with Gasteiger partial charge in [0.2, 0.25) is 5.91 Å². The Bertz CT molecular complexity index is 1060. The molecule has 2 aromatic rings. The minimum absolute atomic E-state index is 0.000460. The van der Waals surface area contributed by atoms with Crippen LogP contribution < -0.4 is 10.2 Å². The van der Waals surface area contributed by atoms with Crippen LogP contribution >= 0.6 is 11.6 Å². The molecule has 3 atom stereocenters. The third-order valence-electron chi connectivity index (χ3n) is 7.17. The van der Waals surface area contributed by atoms with E-state index >= 15 is 0 Å². The van der Waals surface area contributed by atoms with Gasteiger partial charge >= 0.3 is 0 Å². The second-order valence-electron chi connectivity index (χ2n) is 9.38. The van der Waals surface area contributed by atoms with Gasteiger partial charge in [0.25, 0.3) is 5.69 Å². The Hall–Kier alpha value is -2.68. The van der Waals surface area contributed by atoms with Crippen LogP contribution in [0.5, 0.6) is 0 Å². The van der Waals surface area contributed by atoms with Crippen LogP contribution in [-0.4, -0.2) is 60.7 Å². The first-order chi connectivity index (χ1) is 16.5. The van der Waals surface area contributed by atoms with Gasteiger partial charge in [-0.2, -0.15) is 0 Å². The average molecular weight is 485 g/mol. The van der Waals surface area contributed by atoms with Gasteiger partial charge < -0.3 is 15.0 Å². The number of rotatable bonds is 6. The number of nitro benzene ring substituents is 1. The van der Waals surface area contributed by atoms with Crippen LogP contribution in [0.4, 0.5) is 11.4 Å². The molecule has 9 heteroatoms. The lowest BCUT2D eigenvalue weighted by atomic mass is 9.83. The maximum absolute atomic E-state index is 13.4. The minimum atomic E-state index is -0.372. The smallest absolute Gasteiger partial charge is 0.269 e. The number of hydrogen-bond acceptors (Lipinski definition) is 6. The van der Waals surface area contributed by atoms with Gasteiger partial charge in [-0.3, -0.25) is 19.8 Å². The Morgan fingerprint density at radius 2 is 2.03 bits per heavy atom. The highest BCUT2D eigenvalue weighted by molar-refractivity contribution is 6.30. The Morgan fingerprint density at radius 3 is 2.76 bits per heavy atom. The van der Waals surface area contributed by atoms with Crippen LogP contribution in [0.1, 0.15) is 24.0 Å². The van der Waals surface area contributed by atoms with Crippen molar-refractivity contribution in [3.63, 3.8) is 0 Å². The molecular formula is C25H29ClN4O4. The van der Waals surface area contributed by atoms with Crippen LogP contribution in [0.25, 0.3) is 0 Å². The normalized spacial score (nSPS) is 24.4. The van der Waals surface area contributed by atoms with Crippen molar-refractivity contribution in [1.29, 1.82) is 0 Å². The molecule has 0 radical (unpaired) electrons. The molecule has 0 saturated carbocycles. The summed E-state index contributed by atoms with van der Waals surface area (Å²) in [6, 6.07) is 12.9. The second kappa shape index (κ2) is 9.90. The number of hydrogen-bond donors (Lipinski definition) is 1. The number of fused-ring (bicyclic) bond motifs is 3. The fourth-order valence-corrected chi connectivity index (χ4v) is 5.55. The van der Waals surface area contributed by atoms with Crippen molar-refractivity contribution in [2.75, 3.05) is 37.7 Å². The first-order valence-electron chi connectivity index (χ1n) is 11.9. The van der Waals surface area contributed by atoms with E-state index < -0.39 is 0 Å². The fraction of sp³-hybridized carbons (Fsp3) is 0.480. The van der Waals surface area contributed by atoms with E-state index in [0.29, 0.717) is 13.0 Å². The predicted octanol–water partition coefficient (Wildman–Crippen LogP) is 3.41. The zero-order valence-electron chi connectivity index (χ0n) is 19.0. The van der Waals surface area contributed by atoms with E-state index in [1.54, 1.807) is 12.1 Å². The molecule has 3 aliphatic rings. The summed E-state index contributed by atoms with van der Waals surface area (Å²) < 4.78 is 5.67. The van der Waals surface area contributed by atoms with E-state index in [2.05, 4.69) is 15.1 Å². The molecule has 8 nitrogen and oxygen atoms in total. The lowest BCUT2D eigenvalue weighted by Crippen LogP contribution is -2.61. The molecule has 5 rings (SSSR count). The Morgan fingerprint density at radius 1 is 1.21 bits per heavy atom. The third-order valence-corrected chi connectivity index (χ3v) is 7.43. The van der Waals surface area contributed by atoms with Crippen molar-refractivity contribution in [3.05, 3.63) is 68.7 Å². The SMILES string of the molecule is O=C(NCC1CCCO1)C1Cc2cc([N+](=O)[O-])ccc2N2CCN(Cc3ccc(Cl)cc3)CC12. The van der Waals surface area contributed by atoms with E-state index in [9.17, 15) is 14.9 Å². The second-order valence-corrected chi connectivity index (χ2v) is 9.82. The fourth-order valence-electron chi connectivity index (χ4n) is 5.42. The Kier molecular flexibility index (Phi) is 6.72. The molecule has 0 aliphatic carbocycles. The summed E-state index contributed by atoms with van der Waals surface area (Å²) in [6.07, 6.45) is 2.55. The molecule has 0 spiro atoms. The van der Waals surface area contributed by atoms with Crippen molar-refractivity contribution in [2.24, 2.45) is 5.92 Å². The number of nitro groups is 1. The summed E-state index contributed by atoms with van der Waals surface area (Å²) in [5.74, 6) is -0.292. The van der Waals surface area contributed by atoms with Crippen LogP contribution in [0.2, 0.25) is 5.02 Å². The Balaban J connectivity index is 1.37. The number of halogens is 1. The summed E-state index contributed by atoms with van der Waals surface area (Å²) in [5, 5.41) is 15.2. The number of ether oxygens (including phenoxy) is 1. The van der Waals surface area contributed by atoms with Gasteiger partial charge in [-0.05, 0) is 48.6 Å². The standard InChI is InChI=1S/C25H29ClN4O4/c26-19-5-3-17(4-6-19)15-28-9-10-29-23-8-7-20(30(32)33)12-18(23)13-22(24(29)16-28)25(31)27-14-21-2-1-11-34-21/h3-8,12,21-22,24H,1-2,9-11,13-16H2,(H,27,31). The molecule has 1 N–H and O–H groups in total. The molecule has 0 aromatic heterocycles. The summed E-state index contributed by atoms with van der Waals surface area (Å²) in [4.78, 5) is 29.0. The molecule has 34 heavy (non-hydrogen) atoms. The van der Waals surface area contributed by atoms with Crippen molar-refractivity contribution >= 4 is 28.9 Å². The van der Waals surface area contributed by atoms with Crippen LogP contribution in [-0.2, 0) is 22.5 Å². The highest BCUT2D eigenvalue weighted by Gasteiger charge is 2.42. The lowest BCUT2D eigenvalue weighted by molar-refractivity contribution is -0.384. The minimum Gasteiger partial charge on any atom is -0.376 e. The van der Waals surface area contributed by atoms with Crippen molar-refractivity contribution in [1.82, 2.24) is 10.2 Å². The van der Waals surface area contributed by atoms with Gasteiger partial charge in [0, 0.05) is 62.2 Å². The van der Waals surface area contributed by atoms with Crippen LogP contribution in [0, 0.1) is 16.0 Å². The van der Waals surface area contributed by atoms with Gasteiger partial charge in [0.05, 0.1) is 23.0 Å². The lowest BCUT2D eigenvalue weighted by Gasteiger charge is -2.49. The Labute approximate surface area is 204 Å². The van der Waals surface area contributed by atoms with E-state index in [0.717, 1.165) is 61.9 Å². The predicted molar refractivity (Wildman–Crippen MR) is 130 cm³/mol. The summed E-state index contributed by atoms with van der Waals surface area (Å²) in [6.45, 7) is 4.41. The highest BCUT2D eigenvalue weighted by Crippen LogP contribution is 2.38. The number of piperazine rings is 1. The van der Waals surface area contributed by atoms with Gasteiger partial charge in [0.1, 0.15) is 0 Å². The van der Waals surface area contributed by atoms with Gasteiger partial charge in [-0.1, -0.05) is 23.7 Å². The molecule has 180 valence electrons. The quantitative estimate of drug-likeness (QED) is 0.499. The molecule has 2 saturated heterocycles. The van der Waals surface area contributed by atoms with Gasteiger partial charge in [-0.25, -0.2) is 0 Å². The topological polar surface area (TPSA) is 87.9 Å². The first kappa shape index (κ1) is 23.1. The summed E-state index contributed by atoms with van der Waals surface area (Å²) >= 11 is 6.04. The summed E-state index contributed by atoms with van der Waals surface area (Å²) in [5.41, 5.74) is 3.12. The van der Waals surface area contributed by atoms with Gasteiger partial charge in [-0.15, -0.1) is 0 Å². The van der Waals surface area contributed by atoms with E-state index in [1.165, 1.54) is 5.56 Å². The molecule has 2 fully saturated rings. The number of nitrogens with one attached hydrogen (secondary N) is 1. The number of nitrogens with zero attached hydrogens (tertiary/aromatic N) is 3. The largest absolute Gasteiger partial charge is 0.376 e. The molecule has 3 aliphatic heterocycles. The molecular weight excluding hydrogens is 456 g/mol. The van der Waals surface area contributed by atoms with Crippen molar-refractivity contribution in [3.8, 4) is 0 Å². The van der Waals surface area contributed by atoms with Crippen LogP contribution in [0.15, 0.2) is 42.5 Å². The van der Waals surface area contributed by atoms with Gasteiger partial charge in [0.15, 0.2) is 0 Å².